The zero-order valence-corrected chi connectivity index (χ0v) is 18.5. The number of amides is 1. The number of ether oxygens (including phenoxy) is 2. The highest BCUT2D eigenvalue weighted by Gasteiger charge is 2.09. The molecule has 164 valence electrons. The molecule has 2 heterocycles. The zero-order valence-electron chi connectivity index (χ0n) is 17.8. The SMILES string of the molecule is CCCCOC(=O)NCCCNc1ccc2c(Cl)nc(-c3ccc(OC)cc3)cc2n1. The minimum Gasteiger partial charge on any atom is -0.497 e. The Hall–Kier alpha value is -3.06. The fraction of sp³-hybridized carbons (Fsp3) is 0.348. The van der Waals surface area contributed by atoms with E-state index in [2.05, 4.69) is 27.5 Å². The molecule has 3 aromatic rings. The molecule has 1 aromatic carbocycles. The van der Waals surface area contributed by atoms with Crippen LogP contribution in [-0.2, 0) is 4.74 Å². The quantitative estimate of drug-likeness (QED) is 0.328. The van der Waals surface area contributed by atoms with Crippen LogP contribution in [-0.4, -0.2) is 42.9 Å². The third kappa shape index (κ3) is 6.46. The van der Waals surface area contributed by atoms with Crippen molar-refractivity contribution in [3.05, 3.63) is 47.6 Å². The molecule has 31 heavy (non-hydrogen) atoms. The number of hydrogen-bond acceptors (Lipinski definition) is 6. The van der Waals surface area contributed by atoms with Gasteiger partial charge in [-0.15, -0.1) is 0 Å². The van der Waals surface area contributed by atoms with E-state index < -0.39 is 0 Å². The summed E-state index contributed by atoms with van der Waals surface area (Å²) in [7, 11) is 1.63. The van der Waals surface area contributed by atoms with Crippen molar-refractivity contribution in [2.24, 2.45) is 0 Å². The van der Waals surface area contributed by atoms with E-state index in [1.54, 1.807) is 7.11 Å². The fourth-order valence-electron chi connectivity index (χ4n) is 2.95. The van der Waals surface area contributed by atoms with Crippen LogP contribution in [0.25, 0.3) is 22.2 Å². The monoisotopic (exact) mass is 442 g/mol. The molecular formula is C23H27ClN4O3. The summed E-state index contributed by atoms with van der Waals surface area (Å²) in [5.41, 5.74) is 2.44. The van der Waals surface area contributed by atoms with E-state index in [0.717, 1.165) is 53.0 Å². The number of carbonyl (C=O) groups excluding carboxylic acids is 1. The minimum absolute atomic E-state index is 0.370. The van der Waals surface area contributed by atoms with Crippen molar-refractivity contribution in [2.45, 2.75) is 26.2 Å². The standard InChI is InChI=1S/C23H27ClN4O3/c1-3-4-14-31-23(29)26-13-5-12-25-21-11-10-18-20(27-21)15-19(28-22(18)24)16-6-8-17(30-2)9-7-16/h6-11,15H,3-5,12-14H2,1-2H3,(H,25,27)(H,26,29). The van der Waals surface area contributed by atoms with Gasteiger partial charge in [0.1, 0.15) is 16.7 Å². The Kier molecular flexibility index (Phi) is 8.29. The second-order valence-corrected chi connectivity index (χ2v) is 7.34. The summed E-state index contributed by atoms with van der Waals surface area (Å²) >= 11 is 6.40. The van der Waals surface area contributed by atoms with Crippen LogP contribution < -0.4 is 15.4 Å². The second kappa shape index (κ2) is 11.4. The van der Waals surface area contributed by atoms with Gasteiger partial charge in [0.25, 0.3) is 0 Å². The van der Waals surface area contributed by atoms with Gasteiger partial charge < -0.3 is 20.1 Å². The number of fused-ring (bicyclic) bond motifs is 1. The van der Waals surface area contributed by atoms with Crippen LogP contribution in [0.3, 0.4) is 0 Å². The molecule has 7 nitrogen and oxygen atoms in total. The number of pyridine rings is 2. The average molecular weight is 443 g/mol. The van der Waals surface area contributed by atoms with Gasteiger partial charge in [-0.3, -0.25) is 0 Å². The largest absolute Gasteiger partial charge is 0.497 e. The number of benzene rings is 1. The lowest BCUT2D eigenvalue weighted by molar-refractivity contribution is 0.144. The highest BCUT2D eigenvalue weighted by atomic mass is 35.5. The molecule has 0 saturated carbocycles. The summed E-state index contributed by atoms with van der Waals surface area (Å²) in [5, 5.41) is 7.22. The van der Waals surface area contributed by atoms with E-state index in [-0.39, 0.29) is 6.09 Å². The number of halogens is 1. The molecule has 0 aliphatic heterocycles. The van der Waals surface area contributed by atoms with Crippen LogP contribution in [0, 0.1) is 0 Å². The Morgan fingerprint density at radius 1 is 1.06 bits per heavy atom. The number of rotatable bonds is 10. The molecule has 0 bridgehead atoms. The van der Waals surface area contributed by atoms with Crippen LogP contribution in [0.1, 0.15) is 26.2 Å². The van der Waals surface area contributed by atoms with E-state index in [1.165, 1.54) is 0 Å². The van der Waals surface area contributed by atoms with Crippen molar-refractivity contribution < 1.29 is 14.3 Å². The molecule has 0 radical (unpaired) electrons. The normalized spacial score (nSPS) is 10.7. The topological polar surface area (TPSA) is 85.4 Å². The first-order valence-electron chi connectivity index (χ1n) is 10.4. The summed E-state index contributed by atoms with van der Waals surface area (Å²) in [4.78, 5) is 20.7. The van der Waals surface area contributed by atoms with Gasteiger partial charge in [-0.2, -0.15) is 0 Å². The summed E-state index contributed by atoms with van der Waals surface area (Å²) in [6, 6.07) is 13.3. The second-order valence-electron chi connectivity index (χ2n) is 6.99. The first-order valence-corrected chi connectivity index (χ1v) is 10.7. The van der Waals surface area contributed by atoms with Gasteiger partial charge in [-0.1, -0.05) is 24.9 Å². The van der Waals surface area contributed by atoms with Gasteiger partial charge in [0.05, 0.1) is 24.9 Å². The molecule has 8 heteroatoms. The van der Waals surface area contributed by atoms with Gasteiger partial charge in [0, 0.05) is 24.0 Å². The molecule has 0 aliphatic carbocycles. The fourth-order valence-corrected chi connectivity index (χ4v) is 3.20. The maximum Gasteiger partial charge on any atom is 0.407 e. The van der Waals surface area contributed by atoms with E-state index >= 15 is 0 Å². The highest BCUT2D eigenvalue weighted by Crippen LogP contribution is 2.28. The Balaban J connectivity index is 1.59. The number of methoxy groups -OCH3 is 1. The van der Waals surface area contributed by atoms with Crippen molar-refractivity contribution >= 4 is 34.4 Å². The van der Waals surface area contributed by atoms with E-state index in [9.17, 15) is 4.79 Å². The maximum absolute atomic E-state index is 11.5. The third-order valence-electron chi connectivity index (χ3n) is 4.68. The zero-order chi connectivity index (χ0) is 22.1. The Bertz CT molecular complexity index is 1010. The molecule has 0 aliphatic rings. The van der Waals surface area contributed by atoms with Crippen molar-refractivity contribution in [1.29, 1.82) is 0 Å². The molecule has 0 saturated heterocycles. The van der Waals surface area contributed by atoms with Gasteiger partial charge in [-0.25, -0.2) is 14.8 Å². The van der Waals surface area contributed by atoms with E-state index in [4.69, 9.17) is 21.1 Å². The molecule has 0 unspecified atom stereocenters. The van der Waals surface area contributed by atoms with Gasteiger partial charge >= 0.3 is 6.09 Å². The van der Waals surface area contributed by atoms with Gasteiger partial charge in [0.2, 0.25) is 0 Å². The predicted octanol–water partition coefficient (Wildman–Crippen LogP) is 5.29. The highest BCUT2D eigenvalue weighted by molar-refractivity contribution is 6.34. The van der Waals surface area contributed by atoms with Crippen LogP contribution in [0.2, 0.25) is 5.15 Å². The van der Waals surface area contributed by atoms with Crippen LogP contribution in [0.4, 0.5) is 10.6 Å². The lowest BCUT2D eigenvalue weighted by Gasteiger charge is -2.10. The molecule has 0 atom stereocenters. The Labute approximate surface area is 187 Å². The molecule has 0 fully saturated rings. The number of unbranched alkanes of at least 4 members (excludes halogenated alkanes) is 1. The predicted molar refractivity (Wildman–Crippen MR) is 124 cm³/mol. The third-order valence-corrected chi connectivity index (χ3v) is 4.97. The van der Waals surface area contributed by atoms with Crippen molar-refractivity contribution in [2.75, 3.05) is 32.1 Å². The first kappa shape index (κ1) is 22.6. The molecule has 0 spiro atoms. The molecule has 2 N–H and O–H groups in total. The van der Waals surface area contributed by atoms with Gasteiger partial charge in [-0.05, 0) is 55.3 Å². The summed E-state index contributed by atoms with van der Waals surface area (Å²) in [6.07, 6.45) is 2.25. The molecular weight excluding hydrogens is 416 g/mol. The van der Waals surface area contributed by atoms with E-state index in [1.807, 2.05) is 42.5 Å². The van der Waals surface area contributed by atoms with Crippen LogP contribution in [0.15, 0.2) is 42.5 Å². The molecule has 2 aromatic heterocycles. The number of hydrogen-bond donors (Lipinski definition) is 2. The molecule has 1 amide bonds. The summed E-state index contributed by atoms with van der Waals surface area (Å²) in [6.45, 7) is 3.70. The van der Waals surface area contributed by atoms with Crippen molar-refractivity contribution in [3.63, 3.8) is 0 Å². The lowest BCUT2D eigenvalue weighted by atomic mass is 10.1. The van der Waals surface area contributed by atoms with Crippen LogP contribution >= 0.6 is 11.6 Å². The van der Waals surface area contributed by atoms with Crippen LogP contribution in [0.5, 0.6) is 5.75 Å². The van der Waals surface area contributed by atoms with Gasteiger partial charge in [0.15, 0.2) is 0 Å². The van der Waals surface area contributed by atoms with Crippen molar-refractivity contribution in [1.82, 2.24) is 15.3 Å². The summed E-state index contributed by atoms with van der Waals surface area (Å²) in [5.74, 6) is 1.52. The Morgan fingerprint density at radius 2 is 1.87 bits per heavy atom. The average Bonchev–Trinajstić information content (AvgIpc) is 2.79. The number of nitrogens with zero attached hydrogens (tertiary/aromatic N) is 2. The first-order chi connectivity index (χ1) is 15.1. The number of carbonyl (C=O) groups is 1. The lowest BCUT2D eigenvalue weighted by Crippen LogP contribution is -2.26. The number of anilines is 1. The maximum atomic E-state index is 11.5. The Morgan fingerprint density at radius 3 is 2.61 bits per heavy atom. The number of aromatic nitrogens is 2. The summed E-state index contributed by atoms with van der Waals surface area (Å²) < 4.78 is 10.3. The number of nitrogens with one attached hydrogen (secondary N) is 2. The smallest absolute Gasteiger partial charge is 0.407 e. The van der Waals surface area contributed by atoms with Crippen molar-refractivity contribution in [3.8, 4) is 17.0 Å². The molecule has 3 rings (SSSR count). The number of alkyl carbamates (subject to hydrolysis) is 1. The van der Waals surface area contributed by atoms with E-state index in [0.29, 0.717) is 24.8 Å². The minimum atomic E-state index is -0.370.